The summed E-state index contributed by atoms with van der Waals surface area (Å²) in [5.74, 6) is 1.96. The minimum Gasteiger partial charge on any atom is -0.309 e. The first-order chi connectivity index (χ1) is 28.0. The van der Waals surface area contributed by atoms with Crippen LogP contribution >= 0.6 is 0 Å². The van der Waals surface area contributed by atoms with Crippen LogP contribution in [0.4, 0.5) is 0 Å². The van der Waals surface area contributed by atoms with Gasteiger partial charge in [0.25, 0.3) is 0 Å². The molecule has 4 heteroatoms. The van der Waals surface area contributed by atoms with Gasteiger partial charge in [-0.3, -0.25) is 0 Å². The molecule has 0 radical (unpaired) electrons. The zero-order chi connectivity index (χ0) is 39.8. The Morgan fingerprint density at radius 3 is 1.48 bits per heavy atom. The van der Waals surface area contributed by atoms with Crippen molar-refractivity contribution in [1.82, 2.24) is 19.5 Å². The third-order valence-electron chi connectivity index (χ3n) is 13.8. The van der Waals surface area contributed by atoms with Crippen LogP contribution in [0.15, 0.2) is 170 Å². The number of hydrogen-bond donors (Lipinski definition) is 0. The predicted octanol–water partition coefficient (Wildman–Crippen LogP) is 13.9. The molecule has 0 spiro atoms. The molecule has 9 aromatic rings. The first-order valence-electron chi connectivity index (χ1n) is 20.3. The SMILES string of the molecule is CC1(C)c2cc(-c3nc(-c4ccccc4)nc(-c4ccc(-c5ccccc5)cc4)n3)c(-c3cccc4c3c3ccccc3n4-c3ccccc3)cc2C(C)(C)C1(C)C. The van der Waals surface area contributed by atoms with Crippen molar-refractivity contribution in [3.8, 4) is 62.1 Å². The molecule has 58 heavy (non-hydrogen) atoms. The number of aromatic nitrogens is 4. The van der Waals surface area contributed by atoms with E-state index in [0.29, 0.717) is 17.5 Å². The Bertz CT molecular complexity index is 2990. The first kappa shape index (κ1) is 35.7. The second-order valence-electron chi connectivity index (χ2n) is 17.3. The van der Waals surface area contributed by atoms with Crippen molar-refractivity contribution in [2.45, 2.75) is 52.4 Å². The van der Waals surface area contributed by atoms with Crippen LogP contribution in [0.1, 0.15) is 52.7 Å². The number of fused-ring (bicyclic) bond motifs is 4. The Morgan fingerprint density at radius 2 is 0.845 bits per heavy atom. The average molecular weight is 751 g/mol. The Morgan fingerprint density at radius 1 is 0.379 bits per heavy atom. The summed E-state index contributed by atoms with van der Waals surface area (Å²) in [4.78, 5) is 15.9. The lowest BCUT2D eigenvalue weighted by atomic mass is 9.59. The van der Waals surface area contributed by atoms with Crippen molar-refractivity contribution in [2.75, 3.05) is 0 Å². The maximum atomic E-state index is 5.40. The van der Waals surface area contributed by atoms with Crippen molar-refractivity contribution in [2.24, 2.45) is 5.41 Å². The van der Waals surface area contributed by atoms with E-state index in [1.165, 1.54) is 33.0 Å². The molecular weight excluding hydrogens is 705 g/mol. The van der Waals surface area contributed by atoms with Crippen LogP contribution in [0.25, 0.3) is 83.9 Å². The Hall–Kier alpha value is -6.65. The van der Waals surface area contributed by atoms with E-state index in [9.17, 15) is 0 Å². The topological polar surface area (TPSA) is 43.6 Å². The largest absolute Gasteiger partial charge is 0.309 e. The Balaban J connectivity index is 1.28. The molecule has 0 bridgehead atoms. The summed E-state index contributed by atoms with van der Waals surface area (Å²) in [7, 11) is 0. The van der Waals surface area contributed by atoms with Gasteiger partial charge in [-0.2, -0.15) is 0 Å². The first-order valence-corrected chi connectivity index (χ1v) is 20.3. The van der Waals surface area contributed by atoms with E-state index in [4.69, 9.17) is 15.0 Å². The highest BCUT2D eigenvalue weighted by Gasteiger charge is 2.57. The van der Waals surface area contributed by atoms with E-state index in [1.54, 1.807) is 0 Å². The van der Waals surface area contributed by atoms with Crippen LogP contribution in [-0.2, 0) is 10.8 Å². The maximum Gasteiger partial charge on any atom is 0.164 e. The minimum atomic E-state index is -0.125. The lowest BCUT2D eigenvalue weighted by Crippen LogP contribution is -2.42. The summed E-state index contributed by atoms with van der Waals surface area (Å²) in [5, 5.41) is 2.43. The van der Waals surface area contributed by atoms with Crippen LogP contribution in [-0.4, -0.2) is 19.5 Å². The van der Waals surface area contributed by atoms with E-state index < -0.39 is 0 Å². The molecular formula is C54H46N4. The summed E-state index contributed by atoms with van der Waals surface area (Å²) < 4.78 is 2.39. The summed E-state index contributed by atoms with van der Waals surface area (Å²) in [6.45, 7) is 14.5. The number of benzene rings is 7. The van der Waals surface area contributed by atoms with Gasteiger partial charge in [-0.25, -0.2) is 15.0 Å². The fraction of sp³-hybridized carbons (Fsp3) is 0.167. The number of rotatable bonds is 6. The molecule has 2 aromatic heterocycles. The van der Waals surface area contributed by atoms with Crippen LogP contribution in [0.3, 0.4) is 0 Å². The van der Waals surface area contributed by atoms with Gasteiger partial charge in [0.05, 0.1) is 11.0 Å². The van der Waals surface area contributed by atoms with E-state index in [-0.39, 0.29) is 16.2 Å². The smallest absolute Gasteiger partial charge is 0.164 e. The highest BCUT2D eigenvalue weighted by atomic mass is 15.0. The zero-order valence-corrected chi connectivity index (χ0v) is 34.0. The predicted molar refractivity (Wildman–Crippen MR) is 241 cm³/mol. The average Bonchev–Trinajstić information content (AvgIpc) is 3.65. The molecule has 2 heterocycles. The summed E-state index contributed by atoms with van der Waals surface area (Å²) in [6, 6.07) is 60.5. The minimum absolute atomic E-state index is 0.0342. The molecule has 1 aliphatic rings. The van der Waals surface area contributed by atoms with Gasteiger partial charge in [0, 0.05) is 33.2 Å². The van der Waals surface area contributed by atoms with Gasteiger partial charge in [0.15, 0.2) is 17.5 Å². The maximum absolute atomic E-state index is 5.40. The molecule has 7 aromatic carbocycles. The van der Waals surface area contributed by atoms with Crippen LogP contribution in [0.5, 0.6) is 0 Å². The van der Waals surface area contributed by atoms with Crippen molar-refractivity contribution in [1.29, 1.82) is 0 Å². The van der Waals surface area contributed by atoms with Crippen LogP contribution in [0.2, 0.25) is 0 Å². The fourth-order valence-corrected chi connectivity index (χ4v) is 9.38. The van der Waals surface area contributed by atoms with Gasteiger partial charge in [-0.05, 0) is 86.0 Å². The normalized spacial score (nSPS) is 15.1. The highest BCUT2D eigenvalue weighted by Crippen LogP contribution is 2.63. The molecule has 0 unspecified atom stereocenters. The second kappa shape index (κ2) is 13.2. The number of para-hydroxylation sites is 2. The fourth-order valence-electron chi connectivity index (χ4n) is 9.38. The van der Waals surface area contributed by atoms with E-state index in [2.05, 4.69) is 192 Å². The van der Waals surface area contributed by atoms with E-state index in [0.717, 1.165) is 44.6 Å². The number of hydrogen-bond acceptors (Lipinski definition) is 3. The molecule has 0 aliphatic heterocycles. The zero-order valence-electron chi connectivity index (χ0n) is 34.0. The van der Waals surface area contributed by atoms with Crippen molar-refractivity contribution < 1.29 is 0 Å². The molecule has 0 atom stereocenters. The third kappa shape index (κ3) is 5.39. The Labute approximate surface area is 340 Å². The van der Waals surface area contributed by atoms with Gasteiger partial charge in [-0.1, -0.05) is 175 Å². The summed E-state index contributed by atoms with van der Waals surface area (Å²) in [5.41, 5.74) is 13.4. The molecule has 4 nitrogen and oxygen atoms in total. The van der Waals surface area contributed by atoms with Gasteiger partial charge in [-0.15, -0.1) is 0 Å². The van der Waals surface area contributed by atoms with Crippen molar-refractivity contribution in [3.63, 3.8) is 0 Å². The van der Waals surface area contributed by atoms with Gasteiger partial charge < -0.3 is 4.57 Å². The van der Waals surface area contributed by atoms with E-state index >= 15 is 0 Å². The molecule has 0 saturated carbocycles. The molecule has 0 amide bonds. The molecule has 1 aliphatic carbocycles. The summed E-state index contributed by atoms with van der Waals surface area (Å²) in [6.07, 6.45) is 0. The highest BCUT2D eigenvalue weighted by molar-refractivity contribution is 6.16. The molecule has 10 rings (SSSR count). The van der Waals surface area contributed by atoms with Gasteiger partial charge in [0.1, 0.15) is 0 Å². The second-order valence-corrected chi connectivity index (χ2v) is 17.3. The molecule has 0 N–H and O–H groups in total. The summed E-state index contributed by atoms with van der Waals surface area (Å²) >= 11 is 0. The lowest BCUT2D eigenvalue weighted by Gasteiger charge is -2.44. The monoisotopic (exact) mass is 750 g/mol. The van der Waals surface area contributed by atoms with Crippen molar-refractivity contribution in [3.05, 3.63) is 181 Å². The molecule has 282 valence electrons. The molecule has 0 saturated heterocycles. The van der Waals surface area contributed by atoms with Crippen LogP contribution in [0, 0.1) is 5.41 Å². The van der Waals surface area contributed by atoms with Crippen molar-refractivity contribution >= 4 is 21.8 Å². The molecule has 0 fully saturated rings. The van der Waals surface area contributed by atoms with Crippen LogP contribution < -0.4 is 0 Å². The standard InChI is InChI=1S/C54H46N4/c1-52(2)44-33-42(40-26-18-28-47-48(40)41-25-16-17-27-46(41)58(47)39-23-14-9-15-24-39)43(34-45(44)53(3,4)54(52,5)6)51-56-49(37-21-12-8-13-22-37)55-50(57-51)38-31-29-36(30-32-38)35-19-10-7-11-20-35/h7-34H,1-6H3. The quantitative estimate of drug-likeness (QED) is 0.170. The lowest BCUT2D eigenvalue weighted by molar-refractivity contribution is 0.125. The Kier molecular flexibility index (Phi) is 8.14. The van der Waals surface area contributed by atoms with E-state index in [1.807, 2.05) is 24.3 Å². The number of nitrogens with zero attached hydrogens (tertiary/aromatic N) is 4. The van der Waals surface area contributed by atoms with Gasteiger partial charge in [0.2, 0.25) is 0 Å². The third-order valence-corrected chi connectivity index (χ3v) is 13.8. The van der Waals surface area contributed by atoms with Gasteiger partial charge >= 0.3 is 0 Å².